The van der Waals surface area contributed by atoms with Crippen LogP contribution in [-0.4, -0.2) is 69.7 Å². The van der Waals surface area contributed by atoms with E-state index in [2.05, 4.69) is 10.1 Å². The Morgan fingerprint density at radius 2 is 2.07 bits per heavy atom. The number of amides is 2. The maximum Gasteiger partial charge on any atom is 0.411 e. The molecule has 1 saturated heterocycles. The van der Waals surface area contributed by atoms with Crippen LogP contribution in [0.2, 0.25) is 0 Å². The molecule has 1 aliphatic heterocycles. The molecule has 2 rings (SSSR count). The lowest BCUT2D eigenvalue weighted by molar-refractivity contribution is -0.138. The minimum Gasteiger partial charge on any atom is -0.444 e. The van der Waals surface area contributed by atoms with Crippen LogP contribution in [0, 0.1) is 0 Å². The standard InChI is InChI=1S/C15H22F3N5O4/c1-14(2,3)27-13(25)23-4-5-26-7-10(23)12-20-9-22(21-12)6-11(24)19-8-15(16,17)18/h9-10H,4-8H2,1-3H3,(H,19,24)/t10-/m1/s1. The Morgan fingerprint density at radius 1 is 1.37 bits per heavy atom. The number of nitrogens with one attached hydrogen (secondary N) is 1. The predicted molar refractivity (Wildman–Crippen MR) is 85.6 cm³/mol. The molecule has 0 aliphatic carbocycles. The third-order valence-corrected chi connectivity index (χ3v) is 3.40. The van der Waals surface area contributed by atoms with E-state index in [1.165, 1.54) is 11.2 Å². The lowest BCUT2D eigenvalue weighted by Crippen LogP contribution is -2.46. The molecule has 1 aromatic rings. The summed E-state index contributed by atoms with van der Waals surface area (Å²) in [5.41, 5.74) is -0.677. The Kier molecular flexibility index (Phi) is 6.29. The number of hydrogen-bond donors (Lipinski definition) is 1. The van der Waals surface area contributed by atoms with Crippen molar-refractivity contribution < 1.29 is 32.2 Å². The van der Waals surface area contributed by atoms with Gasteiger partial charge in [0.2, 0.25) is 5.91 Å². The molecule has 0 radical (unpaired) electrons. The molecule has 1 aliphatic rings. The van der Waals surface area contributed by atoms with Crippen molar-refractivity contribution in [3.63, 3.8) is 0 Å². The van der Waals surface area contributed by atoms with Gasteiger partial charge in [0.25, 0.3) is 0 Å². The van der Waals surface area contributed by atoms with E-state index in [0.29, 0.717) is 6.61 Å². The fourth-order valence-corrected chi connectivity index (χ4v) is 2.30. The molecule has 0 saturated carbocycles. The van der Waals surface area contributed by atoms with Gasteiger partial charge in [-0.15, -0.1) is 0 Å². The number of halogens is 3. The second-order valence-corrected chi connectivity index (χ2v) is 6.96. The van der Waals surface area contributed by atoms with Gasteiger partial charge >= 0.3 is 12.3 Å². The van der Waals surface area contributed by atoms with Crippen LogP contribution < -0.4 is 5.32 Å². The summed E-state index contributed by atoms with van der Waals surface area (Å²) in [4.78, 5) is 29.4. The lowest BCUT2D eigenvalue weighted by Gasteiger charge is -2.35. The topological polar surface area (TPSA) is 98.6 Å². The third kappa shape index (κ3) is 6.70. The average Bonchev–Trinajstić information content (AvgIpc) is 2.99. The van der Waals surface area contributed by atoms with Gasteiger partial charge in [-0.1, -0.05) is 0 Å². The first kappa shape index (κ1) is 20.9. The monoisotopic (exact) mass is 393 g/mol. The Bertz CT molecular complexity index is 671. The van der Waals surface area contributed by atoms with Crippen molar-refractivity contribution in [2.45, 2.75) is 45.1 Å². The zero-order chi connectivity index (χ0) is 20.2. The number of morpholine rings is 1. The van der Waals surface area contributed by atoms with E-state index in [1.807, 2.05) is 0 Å². The summed E-state index contributed by atoms with van der Waals surface area (Å²) in [7, 11) is 0. The van der Waals surface area contributed by atoms with Crippen LogP contribution in [-0.2, 0) is 20.8 Å². The molecule has 152 valence electrons. The number of carbonyl (C=O) groups is 2. The maximum absolute atomic E-state index is 12.4. The van der Waals surface area contributed by atoms with Crippen molar-refractivity contribution in [1.29, 1.82) is 0 Å². The second-order valence-electron chi connectivity index (χ2n) is 6.96. The molecule has 2 heterocycles. The highest BCUT2D eigenvalue weighted by Gasteiger charge is 2.34. The number of ether oxygens (including phenoxy) is 2. The molecule has 1 atom stereocenters. The average molecular weight is 393 g/mol. The van der Waals surface area contributed by atoms with Crippen LogP contribution >= 0.6 is 0 Å². The largest absolute Gasteiger partial charge is 0.444 e. The molecule has 0 bridgehead atoms. The highest BCUT2D eigenvalue weighted by molar-refractivity contribution is 5.75. The van der Waals surface area contributed by atoms with Crippen LogP contribution in [0.25, 0.3) is 0 Å². The van der Waals surface area contributed by atoms with Crippen molar-refractivity contribution in [2.75, 3.05) is 26.3 Å². The Labute approximate surface area is 153 Å². The summed E-state index contributed by atoms with van der Waals surface area (Å²) in [6, 6.07) is -0.618. The molecule has 12 heteroatoms. The van der Waals surface area contributed by atoms with E-state index in [1.54, 1.807) is 26.1 Å². The zero-order valence-corrected chi connectivity index (χ0v) is 15.2. The van der Waals surface area contributed by atoms with Gasteiger partial charge in [-0.05, 0) is 20.8 Å². The quantitative estimate of drug-likeness (QED) is 0.827. The summed E-state index contributed by atoms with van der Waals surface area (Å²) in [6.45, 7) is 4.13. The van der Waals surface area contributed by atoms with E-state index < -0.39 is 42.9 Å². The molecule has 0 spiro atoms. The summed E-state index contributed by atoms with van der Waals surface area (Å²) >= 11 is 0. The number of hydrogen-bond acceptors (Lipinski definition) is 6. The summed E-state index contributed by atoms with van der Waals surface area (Å²) in [5, 5.41) is 5.83. The van der Waals surface area contributed by atoms with E-state index in [4.69, 9.17) is 9.47 Å². The molecule has 27 heavy (non-hydrogen) atoms. The number of alkyl halides is 3. The lowest BCUT2D eigenvalue weighted by atomic mass is 10.2. The fourth-order valence-electron chi connectivity index (χ4n) is 2.30. The molecule has 2 amide bonds. The number of aromatic nitrogens is 3. The number of nitrogens with zero attached hydrogens (tertiary/aromatic N) is 4. The summed E-state index contributed by atoms with van der Waals surface area (Å²) in [6.07, 6.45) is -3.82. The van der Waals surface area contributed by atoms with Crippen molar-refractivity contribution in [3.8, 4) is 0 Å². The molecule has 0 aromatic carbocycles. The van der Waals surface area contributed by atoms with Crippen molar-refractivity contribution >= 4 is 12.0 Å². The van der Waals surface area contributed by atoms with Gasteiger partial charge in [-0.25, -0.2) is 14.5 Å². The predicted octanol–water partition coefficient (Wildman–Crippen LogP) is 1.26. The Balaban J connectivity index is 2.02. The van der Waals surface area contributed by atoms with Gasteiger partial charge in [0.1, 0.15) is 31.1 Å². The SMILES string of the molecule is CC(C)(C)OC(=O)N1CCOC[C@@H]1c1ncn(CC(=O)NCC(F)(F)F)n1. The van der Waals surface area contributed by atoms with Gasteiger partial charge < -0.3 is 14.8 Å². The second kappa shape index (κ2) is 8.11. The molecule has 1 aromatic heterocycles. The molecular weight excluding hydrogens is 371 g/mol. The molecule has 0 unspecified atom stereocenters. The highest BCUT2D eigenvalue weighted by atomic mass is 19.4. The first-order valence-electron chi connectivity index (χ1n) is 8.25. The number of carbonyl (C=O) groups excluding carboxylic acids is 2. The van der Waals surface area contributed by atoms with Crippen LogP contribution in [0.3, 0.4) is 0 Å². The molecular formula is C15H22F3N5O4. The van der Waals surface area contributed by atoms with E-state index >= 15 is 0 Å². The van der Waals surface area contributed by atoms with Gasteiger partial charge in [0.15, 0.2) is 5.82 Å². The van der Waals surface area contributed by atoms with Crippen molar-refractivity contribution in [2.24, 2.45) is 0 Å². The van der Waals surface area contributed by atoms with Crippen LogP contribution in [0.5, 0.6) is 0 Å². The fraction of sp³-hybridized carbons (Fsp3) is 0.733. The first-order valence-corrected chi connectivity index (χ1v) is 8.25. The smallest absolute Gasteiger partial charge is 0.411 e. The number of rotatable bonds is 4. The van der Waals surface area contributed by atoms with Gasteiger partial charge in [0.05, 0.1) is 13.2 Å². The third-order valence-electron chi connectivity index (χ3n) is 3.40. The van der Waals surface area contributed by atoms with Crippen molar-refractivity contribution in [3.05, 3.63) is 12.2 Å². The van der Waals surface area contributed by atoms with Gasteiger partial charge in [-0.3, -0.25) is 9.69 Å². The Morgan fingerprint density at radius 3 is 2.70 bits per heavy atom. The maximum atomic E-state index is 12.4. The van der Waals surface area contributed by atoms with Crippen LogP contribution in [0.4, 0.5) is 18.0 Å². The molecule has 1 fully saturated rings. The van der Waals surface area contributed by atoms with E-state index in [0.717, 1.165) is 4.68 Å². The molecule has 1 N–H and O–H groups in total. The normalized spacial score (nSPS) is 18.3. The minimum atomic E-state index is -4.49. The van der Waals surface area contributed by atoms with Crippen LogP contribution in [0.1, 0.15) is 32.6 Å². The summed E-state index contributed by atoms with van der Waals surface area (Å²) in [5.74, 6) is -0.642. The van der Waals surface area contributed by atoms with Gasteiger partial charge in [-0.2, -0.15) is 18.3 Å². The Hall–Kier alpha value is -2.37. The summed E-state index contributed by atoms with van der Waals surface area (Å²) < 4.78 is 48.2. The minimum absolute atomic E-state index is 0.142. The zero-order valence-electron chi connectivity index (χ0n) is 15.2. The highest BCUT2D eigenvalue weighted by Crippen LogP contribution is 2.23. The molecule has 9 nitrogen and oxygen atoms in total. The van der Waals surface area contributed by atoms with Gasteiger partial charge in [0, 0.05) is 6.54 Å². The first-order chi connectivity index (χ1) is 12.4. The van der Waals surface area contributed by atoms with Crippen molar-refractivity contribution in [1.82, 2.24) is 25.0 Å². The van der Waals surface area contributed by atoms with Crippen LogP contribution in [0.15, 0.2) is 6.33 Å². The van der Waals surface area contributed by atoms with E-state index in [9.17, 15) is 22.8 Å². The van der Waals surface area contributed by atoms with E-state index in [-0.39, 0.29) is 19.0 Å².